The first-order chi connectivity index (χ1) is 17.3. The second kappa shape index (κ2) is 8.16. The topological polar surface area (TPSA) is 101 Å². The summed E-state index contributed by atoms with van der Waals surface area (Å²) in [6, 6.07) is 19.4. The van der Waals surface area contributed by atoms with Crippen molar-refractivity contribution in [2.75, 3.05) is 0 Å². The van der Waals surface area contributed by atoms with Crippen molar-refractivity contribution in [2.45, 2.75) is 37.6 Å². The van der Waals surface area contributed by atoms with Gasteiger partial charge in [0.1, 0.15) is 11.2 Å². The van der Waals surface area contributed by atoms with Gasteiger partial charge in [-0.3, -0.25) is 14.4 Å². The molecule has 36 heavy (non-hydrogen) atoms. The Balaban J connectivity index is 1.39. The first-order valence-electron chi connectivity index (χ1n) is 12.1. The predicted molar refractivity (Wildman–Crippen MR) is 136 cm³/mol. The second-order valence-corrected chi connectivity index (χ2v) is 10.0. The molecule has 1 amide bonds. The quantitative estimate of drug-likeness (QED) is 0.429. The number of aliphatic carboxylic acids is 1. The smallest absolute Gasteiger partial charge is 0.307 e. The van der Waals surface area contributed by atoms with E-state index in [4.69, 9.17) is 0 Å². The zero-order chi connectivity index (χ0) is 25.0. The van der Waals surface area contributed by atoms with Crippen molar-refractivity contribution < 1.29 is 14.7 Å². The molecule has 4 aromatic rings. The summed E-state index contributed by atoms with van der Waals surface area (Å²) in [5.41, 5.74) is 3.69. The number of carboxylic acid groups (broad SMARTS) is 1. The minimum atomic E-state index is -0.749. The van der Waals surface area contributed by atoms with Gasteiger partial charge in [-0.1, -0.05) is 43.3 Å². The van der Waals surface area contributed by atoms with Crippen molar-refractivity contribution in [2.24, 2.45) is 5.92 Å². The van der Waals surface area contributed by atoms with Crippen LogP contribution in [0.25, 0.3) is 27.8 Å². The number of carbonyl (C=O) groups excluding carboxylic acids is 1. The summed E-state index contributed by atoms with van der Waals surface area (Å²) < 4.78 is 1.79. The number of benzene rings is 2. The van der Waals surface area contributed by atoms with E-state index >= 15 is 0 Å². The Morgan fingerprint density at radius 3 is 2.53 bits per heavy atom. The van der Waals surface area contributed by atoms with E-state index in [0.29, 0.717) is 17.5 Å². The second-order valence-electron chi connectivity index (χ2n) is 10.0. The summed E-state index contributed by atoms with van der Waals surface area (Å²) in [6.07, 6.45) is 5.74. The normalized spacial score (nSPS) is 20.8. The van der Waals surface area contributed by atoms with E-state index in [0.717, 1.165) is 35.2 Å². The number of amides is 1. The van der Waals surface area contributed by atoms with Gasteiger partial charge in [0.25, 0.3) is 5.91 Å². The van der Waals surface area contributed by atoms with Gasteiger partial charge in [-0.25, -0.2) is 4.98 Å². The van der Waals surface area contributed by atoms with Gasteiger partial charge in [-0.05, 0) is 60.2 Å². The molecule has 2 atom stereocenters. The molecule has 0 aliphatic heterocycles. The molecule has 0 bridgehead atoms. The Morgan fingerprint density at radius 1 is 1.06 bits per heavy atom. The average molecular weight is 480 g/mol. The highest BCUT2D eigenvalue weighted by molar-refractivity contribution is 5.97. The molecule has 0 spiro atoms. The largest absolute Gasteiger partial charge is 0.481 e. The van der Waals surface area contributed by atoms with Gasteiger partial charge < -0.3 is 15.0 Å². The third kappa shape index (κ3) is 3.77. The molecule has 7 heteroatoms. The predicted octanol–water partition coefficient (Wildman–Crippen LogP) is 4.31. The maximum atomic E-state index is 13.1. The van der Waals surface area contributed by atoms with Crippen molar-refractivity contribution >= 4 is 22.9 Å². The highest BCUT2D eigenvalue weighted by Gasteiger charge is 2.55. The molecule has 7 nitrogen and oxygen atoms in total. The van der Waals surface area contributed by atoms with Crippen LogP contribution in [0.3, 0.4) is 0 Å². The summed E-state index contributed by atoms with van der Waals surface area (Å²) in [5.74, 6) is -1.44. The van der Waals surface area contributed by atoms with Crippen LogP contribution in [-0.2, 0) is 10.2 Å². The van der Waals surface area contributed by atoms with E-state index in [9.17, 15) is 19.5 Å². The molecule has 2 aliphatic carbocycles. The summed E-state index contributed by atoms with van der Waals surface area (Å²) >= 11 is 0. The van der Waals surface area contributed by atoms with Crippen LogP contribution in [0.5, 0.6) is 0 Å². The molecule has 2 unspecified atom stereocenters. The van der Waals surface area contributed by atoms with E-state index in [-0.39, 0.29) is 34.3 Å². The lowest BCUT2D eigenvalue weighted by Gasteiger charge is -2.15. The standard InChI is InChI=1S/C29H25N3O4/c1-29(15-24(29)28(35)36)19-9-7-17(8-10-19)18-4-2-5-21(14-18)32-16-23(27(34)31-20-11-12-20)25(33)22-6-3-13-30-26(22)32/h2-10,13-14,16,20,24H,11-12,15H2,1H3,(H,31,34)(H,35,36). The molecular weight excluding hydrogens is 454 g/mol. The Kier molecular flexibility index (Phi) is 5.03. The highest BCUT2D eigenvalue weighted by atomic mass is 16.4. The average Bonchev–Trinajstić information content (AvgIpc) is 3.82. The Bertz CT molecular complexity index is 1590. The molecule has 2 N–H and O–H groups in total. The molecule has 2 fully saturated rings. The molecule has 2 aromatic carbocycles. The lowest BCUT2D eigenvalue weighted by atomic mass is 9.93. The highest BCUT2D eigenvalue weighted by Crippen LogP contribution is 2.54. The van der Waals surface area contributed by atoms with Crippen molar-refractivity contribution in [1.82, 2.24) is 14.9 Å². The summed E-state index contributed by atoms with van der Waals surface area (Å²) in [7, 11) is 0. The molecule has 2 aromatic heterocycles. The number of fused-ring (bicyclic) bond motifs is 1. The van der Waals surface area contributed by atoms with Crippen molar-refractivity contribution in [3.8, 4) is 16.8 Å². The Hall–Kier alpha value is -4.26. The molecule has 0 radical (unpaired) electrons. The lowest BCUT2D eigenvalue weighted by Crippen LogP contribution is -2.31. The number of aromatic nitrogens is 2. The summed E-state index contributed by atoms with van der Waals surface area (Å²) in [5, 5.41) is 12.7. The van der Waals surface area contributed by atoms with E-state index in [1.807, 2.05) is 55.5 Å². The van der Waals surface area contributed by atoms with Crippen molar-refractivity contribution in [3.63, 3.8) is 0 Å². The first kappa shape index (κ1) is 22.2. The Labute approximate surface area is 207 Å². The summed E-state index contributed by atoms with van der Waals surface area (Å²) in [6.45, 7) is 1.99. The van der Waals surface area contributed by atoms with Gasteiger partial charge in [0.05, 0.1) is 11.3 Å². The van der Waals surface area contributed by atoms with Crippen LogP contribution in [0.15, 0.2) is 77.9 Å². The van der Waals surface area contributed by atoms with Gasteiger partial charge in [-0.15, -0.1) is 0 Å². The monoisotopic (exact) mass is 479 g/mol. The van der Waals surface area contributed by atoms with Crippen LogP contribution in [0, 0.1) is 5.92 Å². The molecule has 6 rings (SSSR count). The number of nitrogens with zero attached hydrogens (tertiary/aromatic N) is 2. The van der Waals surface area contributed by atoms with Crippen LogP contribution in [0.2, 0.25) is 0 Å². The van der Waals surface area contributed by atoms with Crippen LogP contribution >= 0.6 is 0 Å². The molecule has 2 heterocycles. The molecular formula is C29H25N3O4. The number of hydrogen-bond acceptors (Lipinski definition) is 4. The number of nitrogens with one attached hydrogen (secondary N) is 1. The van der Waals surface area contributed by atoms with Crippen LogP contribution < -0.4 is 10.7 Å². The van der Waals surface area contributed by atoms with Gasteiger partial charge in [-0.2, -0.15) is 0 Å². The fourth-order valence-corrected chi connectivity index (χ4v) is 4.93. The first-order valence-corrected chi connectivity index (χ1v) is 12.1. The fraction of sp³-hybridized carbons (Fsp3) is 0.241. The summed E-state index contributed by atoms with van der Waals surface area (Å²) in [4.78, 5) is 41.7. The molecule has 2 saturated carbocycles. The van der Waals surface area contributed by atoms with Crippen molar-refractivity contribution in [1.29, 1.82) is 0 Å². The third-order valence-electron chi connectivity index (χ3n) is 7.46. The number of carbonyl (C=O) groups is 2. The maximum absolute atomic E-state index is 13.1. The van der Waals surface area contributed by atoms with E-state index in [1.54, 1.807) is 29.1 Å². The van der Waals surface area contributed by atoms with Gasteiger partial charge in [0.2, 0.25) is 5.43 Å². The van der Waals surface area contributed by atoms with Crippen LogP contribution in [0.4, 0.5) is 0 Å². The molecule has 2 aliphatic rings. The number of hydrogen-bond donors (Lipinski definition) is 2. The third-order valence-corrected chi connectivity index (χ3v) is 7.46. The van der Waals surface area contributed by atoms with Crippen LogP contribution in [-0.4, -0.2) is 32.6 Å². The minimum absolute atomic E-state index is 0.0998. The minimum Gasteiger partial charge on any atom is -0.481 e. The van der Waals surface area contributed by atoms with E-state index < -0.39 is 5.97 Å². The van der Waals surface area contributed by atoms with Crippen LogP contribution in [0.1, 0.15) is 42.1 Å². The van der Waals surface area contributed by atoms with Gasteiger partial charge in [0, 0.05) is 29.5 Å². The number of carboxylic acids is 1. The van der Waals surface area contributed by atoms with Gasteiger partial charge in [0.15, 0.2) is 0 Å². The Morgan fingerprint density at radius 2 is 1.83 bits per heavy atom. The fourth-order valence-electron chi connectivity index (χ4n) is 4.93. The van der Waals surface area contributed by atoms with Gasteiger partial charge >= 0.3 is 5.97 Å². The lowest BCUT2D eigenvalue weighted by molar-refractivity contribution is -0.138. The maximum Gasteiger partial charge on any atom is 0.307 e. The zero-order valence-electron chi connectivity index (χ0n) is 19.8. The SMILES string of the molecule is CC1(c2ccc(-c3cccc(-n4cc(C(=O)NC5CC5)c(=O)c5cccnc54)c3)cc2)CC1C(=O)O. The number of pyridine rings is 2. The van der Waals surface area contributed by atoms with E-state index in [2.05, 4.69) is 10.3 Å². The molecule has 0 saturated heterocycles. The zero-order valence-corrected chi connectivity index (χ0v) is 19.8. The van der Waals surface area contributed by atoms with E-state index in [1.165, 1.54) is 0 Å². The van der Waals surface area contributed by atoms with Crippen molar-refractivity contribution in [3.05, 3.63) is 94.4 Å². The number of rotatable bonds is 6. The molecule has 180 valence electrons.